The van der Waals surface area contributed by atoms with Crippen LogP contribution in [0.4, 0.5) is 5.69 Å². The molecule has 8 nitrogen and oxygen atoms in total. The maximum atomic E-state index is 12.8. The summed E-state index contributed by atoms with van der Waals surface area (Å²) in [5.74, 6) is 0.905. The first kappa shape index (κ1) is 18.5. The molecule has 0 aliphatic carbocycles. The first-order valence-electron chi connectivity index (χ1n) is 7.83. The molecule has 0 fully saturated rings. The molecule has 9 heteroatoms. The van der Waals surface area contributed by atoms with Crippen molar-refractivity contribution in [3.05, 3.63) is 53.6 Å². The Balaban J connectivity index is 1.93. The van der Waals surface area contributed by atoms with Gasteiger partial charge in [-0.15, -0.1) is 10.2 Å². The van der Waals surface area contributed by atoms with E-state index in [1.54, 1.807) is 34.9 Å². The summed E-state index contributed by atoms with van der Waals surface area (Å²) < 4.78 is 17.6. The van der Waals surface area contributed by atoms with Crippen LogP contribution in [0, 0.1) is 0 Å². The Bertz CT molecular complexity index is 935. The number of ether oxygens (including phenoxy) is 3. The zero-order valence-corrected chi connectivity index (χ0v) is 15.6. The second-order valence-corrected chi connectivity index (χ2v) is 5.81. The summed E-state index contributed by atoms with van der Waals surface area (Å²) in [7, 11) is 4.51. The van der Waals surface area contributed by atoms with Gasteiger partial charge < -0.3 is 19.5 Å². The number of amides is 1. The molecule has 3 rings (SSSR count). The summed E-state index contributed by atoms with van der Waals surface area (Å²) in [5, 5.41) is 10.6. The second kappa shape index (κ2) is 7.96. The lowest BCUT2D eigenvalue weighted by atomic mass is 10.1. The Labute approximate surface area is 160 Å². The van der Waals surface area contributed by atoms with E-state index in [1.807, 2.05) is 0 Å². The molecule has 0 atom stereocenters. The number of aromatic nitrogens is 3. The van der Waals surface area contributed by atoms with E-state index in [0.717, 1.165) is 0 Å². The molecule has 0 aliphatic heterocycles. The molecule has 0 unspecified atom stereocenters. The first-order chi connectivity index (χ1) is 13.1. The maximum Gasteiger partial charge on any atom is 0.257 e. The summed E-state index contributed by atoms with van der Waals surface area (Å²) in [5.41, 5.74) is 1.48. The van der Waals surface area contributed by atoms with Gasteiger partial charge in [-0.3, -0.25) is 9.36 Å². The van der Waals surface area contributed by atoms with E-state index in [9.17, 15) is 4.79 Å². The van der Waals surface area contributed by atoms with Crippen molar-refractivity contribution >= 4 is 23.2 Å². The third kappa shape index (κ3) is 3.80. The molecule has 0 saturated carbocycles. The SMILES string of the molecule is COc1cc(NC(=O)c2cc(-n3cnnc3)ccc2Cl)cc(OC)c1OC. The number of carbonyl (C=O) groups is 1. The van der Waals surface area contributed by atoms with E-state index in [4.69, 9.17) is 25.8 Å². The minimum atomic E-state index is -0.385. The van der Waals surface area contributed by atoms with Crippen LogP contribution in [0.3, 0.4) is 0 Å². The maximum absolute atomic E-state index is 12.8. The van der Waals surface area contributed by atoms with Crippen molar-refractivity contribution in [3.63, 3.8) is 0 Å². The Morgan fingerprint density at radius 3 is 2.19 bits per heavy atom. The van der Waals surface area contributed by atoms with Crippen LogP contribution >= 0.6 is 11.6 Å². The zero-order valence-electron chi connectivity index (χ0n) is 14.9. The molecule has 3 aromatic rings. The Morgan fingerprint density at radius 2 is 1.63 bits per heavy atom. The normalized spacial score (nSPS) is 10.4. The molecule has 0 saturated heterocycles. The fraction of sp³-hybridized carbons (Fsp3) is 0.167. The summed E-state index contributed by atoms with van der Waals surface area (Å²) >= 11 is 6.21. The molecule has 0 radical (unpaired) electrons. The van der Waals surface area contributed by atoms with Crippen molar-refractivity contribution in [2.75, 3.05) is 26.6 Å². The molecular formula is C18H17ClN4O4. The third-order valence-electron chi connectivity index (χ3n) is 3.83. The predicted octanol–water partition coefficient (Wildman–Crippen LogP) is 3.20. The standard InChI is InChI=1S/C18H17ClN4O4/c1-25-15-6-11(7-16(26-2)17(15)27-3)22-18(24)13-8-12(4-5-14(13)19)23-9-20-21-10-23/h4-10H,1-3H3,(H,22,24). The van der Waals surface area contributed by atoms with Gasteiger partial charge in [0.15, 0.2) is 11.5 Å². The topological polar surface area (TPSA) is 87.5 Å². The molecule has 1 heterocycles. The number of anilines is 1. The van der Waals surface area contributed by atoms with Gasteiger partial charge >= 0.3 is 0 Å². The van der Waals surface area contributed by atoms with Crippen LogP contribution in [0.5, 0.6) is 17.2 Å². The summed E-state index contributed by atoms with van der Waals surface area (Å²) in [4.78, 5) is 12.8. The number of rotatable bonds is 6. The molecular weight excluding hydrogens is 372 g/mol. The smallest absolute Gasteiger partial charge is 0.257 e. The lowest BCUT2D eigenvalue weighted by molar-refractivity contribution is 0.102. The summed E-state index contributed by atoms with van der Waals surface area (Å²) in [6.45, 7) is 0. The lowest BCUT2D eigenvalue weighted by Crippen LogP contribution is -2.13. The van der Waals surface area contributed by atoms with Crippen LogP contribution in [0.15, 0.2) is 43.0 Å². The Kier molecular flexibility index (Phi) is 5.46. The van der Waals surface area contributed by atoms with Gasteiger partial charge in [0.25, 0.3) is 5.91 Å². The van der Waals surface area contributed by atoms with Crippen LogP contribution in [0.2, 0.25) is 5.02 Å². The highest BCUT2D eigenvalue weighted by Gasteiger charge is 2.17. The van der Waals surface area contributed by atoms with Crippen LogP contribution in [-0.4, -0.2) is 42.0 Å². The van der Waals surface area contributed by atoms with Crippen molar-refractivity contribution in [2.24, 2.45) is 0 Å². The number of nitrogens with zero attached hydrogens (tertiary/aromatic N) is 3. The van der Waals surface area contributed by atoms with Gasteiger partial charge in [-0.1, -0.05) is 11.6 Å². The molecule has 27 heavy (non-hydrogen) atoms. The van der Waals surface area contributed by atoms with Crippen LogP contribution < -0.4 is 19.5 Å². The number of hydrogen-bond acceptors (Lipinski definition) is 6. The van der Waals surface area contributed by atoms with Gasteiger partial charge in [-0.05, 0) is 18.2 Å². The average Bonchev–Trinajstić information content (AvgIpc) is 3.22. The minimum absolute atomic E-state index is 0.302. The average molecular weight is 389 g/mol. The van der Waals surface area contributed by atoms with E-state index in [-0.39, 0.29) is 5.91 Å². The molecule has 140 valence electrons. The Hall–Kier alpha value is -3.26. The highest BCUT2D eigenvalue weighted by molar-refractivity contribution is 6.34. The van der Waals surface area contributed by atoms with Crippen LogP contribution in [0.1, 0.15) is 10.4 Å². The number of hydrogen-bond donors (Lipinski definition) is 1. The number of nitrogens with one attached hydrogen (secondary N) is 1. The van der Waals surface area contributed by atoms with Crippen molar-refractivity contribution in [1.29, 1.82) is 0 Å². The van der Waals surface area contributed by atoms with Gasteiger partial charge in [-0.25, -0.2) is 0 Å². The van der Waals surface area contributed by atoms with Crippen molar-refractivity contribution in [2.45, 2.75) is 0 Å². The summed E-state index contributed by atoms with van der Waals surface area (Å²) in [6.07, 6.45) is 3.06. The molecule has 1 aromatic heterocycles. The summed E-state index contributed by atoms with van der Waals surface area (Å²) in [6, 6.07) is 8.33. The molecule has 2 aromatic carbocycles. The second-order valence-electron chi connectivity index (χ2n) is 5.40. The van der Waals surface area contributed by atoms with Gasteiger partial charge in [0.1, 0.15) is 12.7 Å². The lowest BCUT2D eigenvalue weighted by Gasteiger charge is -2.15. The molecule has 1 amide bonds. The van der Waals surface area contributed by atoms with E-state index in [0.29, 0.717) is 39.2 Å². The first-order valence-corrected chi connectivity index (χ1v) is 8.21. The van der Waals surface area contributed by atoms with Crippen molar-refractivity contribution < 1.29 is 19.0 Å². The van der Waals surface area contributed by atoms with Crippen molar-refractivity contribution in [3.8, 4) is 22.9 Å². The van der Waals surface area contributed by atoms with Crippen LogP contribution in [0.25, 0.3) is 5.69 Å². The van der Waals surface area contributed by atoms with Crippen LogP contribution in [-0.2, 0) is 0 Å². The van der Waals surface area contributed by atoms with E-state index >= 15 is 0 Å². The number of benzene rings is 2. The predicted molar refractivity (Wildman–Crippen MR) is 100 cm³/mol. The highest BCUT2D eigenvalue weighted by Crippen LogP contribution is 2.40. The third-order valence-corrected chi connectivity index (χ3v) is 4.16. The molecule has 0 spiro atoms. The van der Waals surface area contributed by atoms with Gasteiger partial charge in [0.05, 0.1) is 31.9 Å². The number of methoxy groups -OCH3 is 3. The zero-order chi connectivity index (χ0) is 19.4. The fourth-order valence-corrected chi connectivity index (χ4v) is 2.74. The van der Waals surface area contributed by atoms with E-state index in [1.165, 1.54) is 34.0 Å². The van der Waals surface area contributed by atoms with E-state index < -0.39 is 0 Å². The monoisotopic (exact) mass is 388 g/mol. The van der Waals surface area contributed by atoms with Crippen molar-refractivity contribution in [1.82, 2.24) is 14.8 Å². The van der Waals surface area contributed by atoms with Gasteiger partial charge in [-0.2, -0.15) is 0 Å². The molecule has 1 N–H and O–H groups in total. The molecule has 0 bridgehead atoms. The fourth-order valence-electron chi connectivity index (χ4n) is 2.53. The van der Waals surface area contributed by atoms with Gasteiger partial charge in [0.2, 0.25) is 5.75 Å². The largest absolute Gasteiger partial charge is 0.493 e. The van der Waals surface area contributed by atoms with Gasteiger partial charge in [0, 0.05) is 23.5 Å². The Morgan fingerprint density at radius 1 is 1.00 bits per heavy atom. The number of halogens is 1. The molecule has 0 aliphatic rings. The quantitative estimate of drug-likeness (QED) is 0.697. The van der Waals surface area contributed by atoms with E-state index in [2.05, 4.69) is 15.5 Å². The minimum Gasteiger partial charge on any atom is -0.493 e. The highest BCUT2D eigenvalue weighted by atomic mass is 35.5. The number of carbonyl (C=O) groups excluding carboxylic acids is 1.